The van der Waals surface area contributed by atoms with Crippen LogP contribution in [0.5, 0.6) is 0 Å². The van der Waals surface area contributed by atoms with Crippen LogP contribution in [0.1, 0.15) is 33.6 Å². The van der Waals surface area contributed by atoms with Crippen molar-refractivity contribution >= 4 is 12.1 Å². The molecule has 1 amide bonds. The molecule has 0 saturated carbocycles. The number of unbranched alkanes of at least 4 members (excludes halogenated alkanes) is 1. The normalized spacial score (nSPS) is 20.6. The van der Waals surface area contributed by atoms with Crippen molar-refractivity contribution in [3.8, 4) is 0 Å². The molecule has 17 heavy (non-hydrogen) atoms. The van der Waals surface area contributed by atoms with Crippen molar-refractivity contribution < 1.29 is 19.1 Å². The lowest BCUT2D eigenvalue weighted by Gasteiger charge is -2.28. The van der Waals surface area contributed by atoms with E-state index in [0.717, 1.165) is 12.8 Å². The van der Waals surface area contributed by atoms with Crippen LogP contribution < -0.4 is 0 Å². The number of carbonyl (C=O) groups is 2. The zero-order chi connectivity index (χ0) is 13.1. The van der Waals surface area contributed by atoms with Crippen molar-refractivity contribution in [2.45, 2.75) is 39.2 Å². The Balaban J connectivity index is 2.89. The third-order valence-electron chi connectivity index (χ3n) is 2.88. The third-order valence-corrected chi connectivity index (χ3v) is 2.88. The van der Waals surface area contributed by atoms with Crippen LogP contribution in [-0.2, 0) is 14.3 Å². The number of nitrogens with zero attached hydrogens (tertiary/aromatic N) is 1. The Labute approximate surface area is 101 Å². The first-order valence-electron chi connectivity index (χ1n) is 5.73. The maximum absolute atomic E-state index is 11.7. The number of ether oxygens (including phenoxy) is 2. The quantitative estimate of drug-likeness (QED) is 0.558. The molecule has 0 unspecified atom stereocenters. The average molecular weight is 241 g/mol. The average Bonchev–Trinajstić information content (AvgIpc) is 2.47. The van der Waals surface area contributed by atoms with Crippen LogP contribution in [0.25, 0.3) is 0 Å². The van der Waals surface area contributed by atoms with E-state index in [1.54, 1.807) is 4.90 Å². The summed E-state index contributed by atoms with van der Waals surface area (Å²) in [6, 6.07) is 0. The molecule has 1 aliphatic heterocycles. The van der Waals surface area contributed by atoms with Crippen LogP contribution in [0, 0.1) is 0 Å². The summed E-state index contributed by atoms with van der Waals surface area (Å²) in [4.78, 5) is 24.5. The summed E-state index contributed by atoms with van der Waals surface area (Å²) in [6.45, 7) is 6.38. The van der Waals surface area contributed by atoms with Crippen molar-refractivity contribution in [1.29, 1.82) is 0 Å². The van der Waals surface area contributed by atoms with Crippen LogP contribution in [0.3, 0.4) is 0 Å². The molecule has 96 valence electrons. The summed E-state index contributed by atoms with van der Waals surface area (Å²) in [6.07, 6.45) is 2.72. The molecule has 0 aromatic rings. The first-order chi connectivity index (χ1) is 7.93. The van der Waals surface area contributed by atoms with Gasteiger partial charge in [0.15, 0.2) is 0 Å². The van der Waals surface area contributed by atoms with Gasteiger partial charge in [0.05, 0.1) is 18.7 Å². The van der Waals surface area contributed by atoms with E-state index in [0.29, 0.717) is 12.3 Å². The molecule has 1 fully saturated rings. The maximum atomic E-state index is 11.7. The van der Waals surface area contributed by atoms with Gasteiger partial charge < -0.3 is 9.47 Å². The molecule has 0 N–H and O–H groups in total. The van der Waals surface area contributed by atoms with Crippen LogP contribution in [0.2, 0.25) is 0 Å². The highest BCUT2D eigenvalue weighted by atomic mass is 16.6. The molecular formula is C12H19NO4. The summed E-state index contributed by atoms with van der Waals surface area (Å²) >= 11 is 0. The number of esters is 1. The predicted octanol–water partition coefficient (Wildman–Crippen LogP) is 2.07. The number of rotatable bonds is 4. The number of hydrogen-bond acceptors (Lipinski definition) is 4. The van der Waals surface area contributed by atoms with Crippen molar-refractivity contribution in [2.75, 3.05) is 13.7 Å². The van der Waals surface area contributed by atoms with Crippen molar-refractivity contribution in [2.24, 2.45) is 0 Å². The lowest BCUT2D eigenvalue weighted by Crippen LogP contribution is -2.41. The molecule has 0 aromatic heterocycles. The molecule has 0 radical (unpaired) electrons. The first kappa shape index (κ1) is 13.5. The Bertz CT molecular complexity index is 346. The summed E-state index contributed by atoms with van der Waals surface area (Å²) < 4.78 is 9.64. The number of amides is 1. The van der Waals surface area contributed by atoms with Crippen molar-refractivity contribution in [1.82, 2.24) is 4.90 Å². The summed E-state index contributed by atoms with van der Waals surface area (Å²) in [5.41, 5.74) is -0.597. The smallest absolute Gasteiger partial charge is 0.415 e. The number of cyclic esters (lactones) is 1. The third kappa shape index (κ3) is 2.78. The minimum Gasteiger partial charge on any atom is -0.466 e. The van der Waals surface area contributed by atoms with E-state index in [4.69, 9.17) is 4.74 Å². The second-order valence-corrected chi connectivity index (χ2v) is 4.46. The molecule has 0 atom stereocenters. The molecule has 0 spiro atoms. The van der Waals surface area contributed by atoms with Gasteiger partial charge in [0.1, 0.15) is 5.76 Å². The summed E-state index contributed by atoms with van der Waals surface area (Å²) in [5, 5.41) is 0. The second-order valence-electron chi connectivity index (χ2n) is 4.46. The van der Waals surface area contributed by atoms with E-state index in [9.17, 15) is 9.59 Å². The van der Waals surface area contributed by atoms with Gasteiger partial charge >= 0.3 is 12.1 Å². The fourth-order valence-corrected chi connectivity index (χ4v) is 1.69. The molecule has 5 nitrogen and oxygen atoms in total. The number of methoxy groups -OCH3 is 1. The predicted molar refractivity (Wildman–Crippen MR) is 62.3 cm³/mol. The molecule has 1 heterocycles. The van der Waals surface area contributed by atoms with Crippen LogP contribution >= 0.6 is 0 Å². The summed E-state index contributed by atoms with van der Waals surface area (Å²) in [7, 11) is 1.29. The minimum atomic E-state index is -0.597. The van der Waals surface area contributed by atoms with Crippen LogP contribution in [0.4, 0.5) is 4.79 Å². The van der Waals surface area contributed by atoms with Crippen LogP contribution in [-0.4, -0.2) is 36.2 Å². The fraction of sp³-hybridized carbons (Fsp3) is 0.667. The molecule has 0 bridgehead atoms. The van der Waals surface area contributed by atoms with Gasteiger partial charge in [-0.05, 0) is 20.3 Å². The molecule has 1 rings (SSSR count). The minimum absolute atomic E-state index is 0.338. The first-order valence-corrected chi connectivity index (χ1v) is 5.73. The Hall–Kier alpha value is -1.52. The molecule has 1 aliphatic rings. The molecule has 0 aliphatic carbocycles. The van der Waals surface area contributed by atoms with Gasteiger partial charge in [-0.1, -0.05) is 13.3 Å². The largest absolute Gasteiger partial charge is 0.466 e. The van der Waals surface area contributed by atoms with E-state index in [1.165, 1.54) is 13.2 Å². The maximum Gasteiger partial charge on any atom is 0.415 e. The molecule has 5 heteroatoms. The van der Waals surface area contributed by atoms with Crippen molar-refractivity contribution in [3.63, 3.8) is 0 Å². The van der Waals surface area contributed by atoms with Gasteiger partial charge in [0.2, 0.25) is 0 Å². The van der Waals surface area contributed by atoms with E-state index in [1.807, 2.05) is 13.8 Å². The van der Waals surface area contributed by atoms with E-state index < -0.39 is 17.6 Å². The van der Waals surface area contributed by atoms with E-state index >= 15 is 0 Å². The van der Waals surface area contributed by atoms with Gasteiger partial charge in [-0.15, -0.1) is 0 Å². The van der Waals surface area contributed by atoms with E-state index in [-0.39, 0.29) is 0 Å². The summed E-state index contributed by atoms with van der Waals surface area (Å²) in [5.74, 6) is -0.177. The fourth-order valence-electron chi connectivity index (χ4n) is 1.69. The topological polar surface area (TPSA) is 55.8 Å². The van der Waals surface area contributed by atoms with Gasteiger partial charge in [-0.3, -0.25) is 4.90 Å². The van der Waals surface area contributed by atoms with Crippen LogP contribution in [0.15, 0.2) is 11.8 Å². The lowest BCUT2D eigenvalue weighted by molar-refractivity contribution is -0.135. The zero-order valence-corrected chi connectivity index (χ0v) is 10.8. The SMILES string of the molecule is CCCCN1C(=O)O/C(=C/C(=O)OC)C1(C)C. The molecular weight excluding hydrogens is 222 g/mol. The second kappa shape index (κ2) is 5.21. The monoisotopic (exact) mass is 241 g/mol. The van der Waals surface area contributed by atoms with Gasteiger partial charge in [-0.25, -0.2) is 9.59 Å². The highest BCUT2D eigenvalue weighted by Gasteiger charge is 2.44. The number of carbonyl (C=O) groups excluding carboxylic acids is 2. The molecule has 0 aromatic carbocycles. The van der Waals surface area contributed by atoms with E-state index in [2.05, 4.69) is 11.7 Å². The number of hydrogen-bond donors (Lipinski definition) is 0. The van der Waals surface area contributed by atoms with Gasteiger partial charge in [-0.2, -0.15) is 0 Å². The lowest BCUT2D eigenvalue weighted by atomic mass is 10.0. The highest BCUT2D eigenvalue weighted by molar-refractivity contribution is 5.85. The Morgan fingerprint density at radius 1 is 1.53 bits per heavy atom. The Morgan fingerprint density at radius 2 is 2.18 bits per heavy atom. The van der Waals surface area contributed by atoms with Crippen molar-refractivity contribution in [3.05, 3.63) is 11.8 Å². The highest BCUT2D eigenvalue weighted by Crippen LogP contribution is 2.33. The zero-order valence-electron chi connectivity index (χ0n) is 10.8. The molecule has 1 saturated heterocycles. The Kier molecular flexibility index (Phi) is 4.15. The van der Waals surface area contributed by atoms with Gasteiger partial charge in [0, 0.05) is 6.54 Å². The Morgan fingerprint density at radius 3 is 2.71 bits per heavy atom. The van der Waals surface area contributed by atoms with Gasteiger partial charge in [0.25, 0.3) is 0 Å². The standard InChI is InChI=1S/C12H19NO4/c1-5-6-7-13-11(15)17-9(12(13,2)3)8-10(14)16-4/h8H,5-7H2,1-4H3/b9-8+.